The second-order valence-electron chi connectivity index (χ2n) is 8.45. The van der Waals surface area contributed by atoms with E-state index in [2.05, 4.69) is 21.0 Å². The zero-order valence-electron chi connectivity index (χ0n) is 20.2. The molecule has 3 N–H and O–H groups in total. The van der Waals surface area contributed by atoms with Gasteiger partial charge >= 0.3 is 0 Å². The molecule has 3 aromatic carbocycles. The summed E-state index contributed by atoms with van der Waals surface area (Å²) in [5, 5.41) is 14.1. The Kier molecular flexibility index (Phi) is 6.66. The van der Waals surface area contributed by atoms with Crippen LogP contribution in [0, 0.1) is 0 Å². The van der Waals surface area contributed by atoms with Gasteiger partial charge < -0.3 is 20.7 Å². The first-order valence-corrected chi connectivity index (χ1v) is 12.0. The first-order chi connectivity index (χ1) is 18.0. The van der Waals surface area contributed by atoms with Crippen LogP contribution in [0.15, 0.2) is 96.3 Å². The van der Waals surface area contributed by atoms with Gasteiger partial charge in [-0.15, -0.1) is 0 Å². The number of amides is 2. The number of carbonyl (C=O) groups is 2. The molecule has 4 aromatic rings. The van der Waals surface area contributed by atoms with Crippen LogP contribution < -0.4 is 20.7 Å². The Hall–Kier alpha value is -4.56. The van der Waals surface area contributed by atoms with Gasteiger partial charge in [0.05, 0.1) is 24.6 Å². The molecule has 0 saturated carbocycles. The van der Waals surface area contributed by atoms with Gasteiger partial charge in [0.1, 0.15) is 23.2 Å². The minimum Gasteiger partial charge on any atom is -0.495 e. The minimum atomic E-state index is -0.636. The molecule has 8 nitrogen and oxygen atoms in total. The van der Waals surface area contributed by atoms with Crippen molar-refractivity contribution in [1.82, 2.24) is 9.78 Å². The van der Waals surface area contributed by atoms with E-state index in [1.54, 1.807) is 43.0 Å². The summed E-state index contributed by atoms with van der Waals surface area (Å²) in [5.74, 6) is 0.358. The molecule has 0 fully saturated rings. The van der Waals surface area contributed by atoms with Crippen molar-refractivity contribution >= 4 is 40.6 Å². The number of aromatic nitrogens is 2. The van der Waals surface area contributed by atoms with Crippen molar-refractivity contribution < 1.29 is 14.3 Å². The number of benzene rings is 3. The minimum absolute atomic E-state index is 0.320. The lowest BCUT2D eigenvalue weighted by atomic mass is 9.94. The Bertz CT molecular complexity index is 1510. The van der Waals surface area contributed by atoms with Crippen molar-refractivity contribution in [3.63, 3.8) is 0 Å². The summed E-state index contributed by atoms with van der Waals surface area (Å²) in [5.41, 5.74) is 3.31. The normalized spacial score (nSPS) is 14.4. The molecule has 0 bridgehead atoms. The van der Waals surface area contributed by atoms with Crippen molar-refractivity contribution in [3.8, 4) is 5.75 Å². The number of halogens is 1. The topological polar surface area (TPSA) is 97.3 Å². The molecule has 1 atom stereocenters. The Morgan fingerprint density at radius 3 is 2.49 bits per heavy atom. The lowest BCUT2D eigenvalue weighted by Crippen LogP contribution is -2.32. The molecule has 1 aromatic heterocycles. The van der Waals surface area contributed by atoms with Crippen molar-refractivity contribution in [1.29, 1.82) is 0 Å². The molecular weight excluding hydrogens is 490 g/mol. The highest BCUT2D eigenvalue weighted by atomic mass is 35.5. The highest BCUT2D eigenvalue weighted by molar-refractivity contribution is 6.30. The van der Waals surface area contributed by atoms with E-state index in [9.17, 15) is 9.59 Å². The van der Waals surface area contributed by atoms with E-state index in [1.165, 1.54) is 6.20 Å². The summed E-state index contributed by atoms with van der Waals surface area (Å²) in [6.07, 6.45) is 1.49. The van der Waals surface area contributed by atoms with Crippen molar-refractivity contribution in [2.75, 3.05) is 23.1 Å². The molecule has 186 valence electrons. The number of carbonyl (C=O) groups excluding carboxylic acids is 2. The number of ether oxygens (including phenoxy) is 1. The molecule has 0 aliphatic carbocycles. The predicted octanol–water partition coefficient (Wildman–Crippen LogP) is 5.73. The maximum Gasteiger partial charge on any atom is 0.261 e. The number of methoxy groups -OCH3 is 1. The number of hydrogen-bond acceptors (Lipinski definition) is 5. The van der Waals surface area contributed by atoms with Crippen molar-refractivity contribution in [3.05, 3.63) is 112 Å². The number of hydrogen-bond donors (Lipinski definition) is 3. The first kappa shape index (κ1) is 24.1. The standard InChI is InChI=1S/C28H24ClN5O3/c1-17-24(28(36)33-22-13-6-7-14-23(22)37-2)25(18-9-8-10-19(29)15-18)34-26(31-17)21(16-30-34)27(35)32-20-11-4-3-5-12-20/h3-16,25,31H,1-2H3,(H,32,35)(H,33,36)/t25-/m0/s1. The van der Waals surface area contributed by atoms with E-state index in [1.807, 2.05) is 54.6 Å². The molecule has 2 amide bonds. The van der Waals surface area contributed by atoms with Gasteiger partial charge in [0.15, 0.2) is 0 Å². The summed E-state index contributed by atoms with van der Waals surface area (Å²) < 4.78 is 7.03. The van der Waals surface area contributed by atoms with Crippen LogP contribution in [0.2, 0.25) is 5.02 Å². The van der Waals surface area contributed by atoms with Gasteiger partial charge in [0, 0.05) is 16.4 Å². The van der Waals surface area contributed by atoms with Gasteiger partial charge in [0.25, 0.3) is 11.8 Å². The van der Waals surface area contributed by atoms with Crippen LogP contribution in [0.5, 0.6) is 5.75 Å². The molecule has 0 radical (unpaired) electrons. The fourth-order valence-electron chi connectivity index (χ4n) is 4.36. The molecule has 0 spiro atoms. The van der Waals surface area contributed by atoms with E-state index in [4.69, 9.17) is 16.3 Å². The molecule has 1 aliphatic heterocycles. The number of allylic oxidation sites excluding steroid dienone is 1. The lowest BCUT2D eigenvalue weighted by molar-refractivity contribution is -0.113. The third kappa shape index (κ3) is 4.79. The van der Waals surface area contributed by atoms with E-state index in [0.717, 1.165) is 5.56 Å². The Balaban J connectivity index is 1.56. The summed E-state index contributed by atoms with van der Waals surface area (Å²) in [6.45, 7) is 1.80. The quantitative estimate of drug-likeness (QED) is 0.306. The average molecular weight is 514 g/mol. The third-order valence-corrected chi connectivity index (χ3v) is 6.30. The van der Waals surface area contributed by atoms with Crippen LogP contribution in [0.4, 0.5) is 17.2 Å². The smallest absolute Gasteiger partial charge is 0.261 e. The second kappa shape index (κ2) is 10.2. The number of anilines is 3. The number of nitrogens with zero attached hydrogens (tertiary/aromatic N) is 2. The van der Waals surface area contributed by atoms with Crippen LogP contribution in [-0.4, -0.2) is 28.7 Å². The number of nitrogens with one attached hydrogen (secondary N) is 3. The van der Waals surface area contributed by atoms with Gasteiger partial charge in [-0.2, -0.15) is 5.10 Å². The van der Waals surface area contributed by atoms with E-state index < -0.39 is 6.04 Å². The van der Waals surface area contributed by atoms with Crippen LogP contribution in [0.1, 0.15) is 28.9 Å². The molecule has 5 rings (SSSR count). The molecule has 1 aliphatic rings. The Morgan fingerprint density at radius 1 is 0.973 bits per heavy atom. The van der Waals surface area contributed by atoms with Crippen LogP contribution in [-0.2, 0) is 4.79 Å². The van der Waals surface area contributed by atoms with Crippen molar-refractivity contribution in [2.24, 2.45) is 0 Å². The molecular formula is C28H24ClN5O3. The summed E-state index contributed by atoms with van der Waals surface area (Å²) in [6, 6.07) is 23.0. The van der Waals surface area contributed by atoms with E-state index >= 15 is 0 Å². The fraction of sp³-hybridized carbons (Fsp3) is 0.107. The van der Waals surface area contributed by atoms with Crippen molar-refractivity contribution in [2.45, 2.75) is 13.0 Å². The van der Waals surface area contributed by atoms with Gasteiger partial charge in [-0.25, -0.2) is 4.68 Å². The number of para-hydroxylation sites is 3. The van der Waals surface area contributed by atoms with E-state index in [0.29, 0.717) is 44.8 Å². The highest BCUT2D eigenvalue weighted by Crippen LogP contribution is 2.39. The fourth-order valence-corrected chi connectivity index (χ4v) is 4.56. The van der Waals surface area contributed by atoms with Gasteiger partial charge in [-0.1, -0.05) is 54.1 Å². The molecule has 37 heavy (non-hydrogen) atoms. The van der Waals surface area contributed by atoms with E-state index in [-0.39, 0.29) is 11.8 Å². The largest absolute Gasteiger partial charge is 0.495 e. The molecule has 0 unspecified atom stereocenters. The van der Waals surface area contributed by atoms with Crippen LogP contribution in [0.3, 0.4) is 0 Å². The zero-order valence-corrected chi connectivity index (χ0v) is 20.9. The van der Waals surface area contributed by atoms with Gasteiger partial charge in [-0.3, -0.25) is 9.59 Å². The molecule has 0 saturated heterocycles. The SMILES string of the molecule is COc1ccccc1NC(=O)C1=C(C)Nc2c(C(=O)Nc3ccccc3)cnn2[C@H]1c1cccc(Cl)c1. The van der Waals surface area contributed by atoms with Crippen LogP contribution in [0.25, 0.3) is 0 Å². The zero-order chi connectivity index (χ0) is 25.9. The van der Waals surface area contributed by atoms with Gasteiger partial charge in [0.2, 0.25) is 0 Å². The first-order valence-electron chi connectivity index (χ1n) is 11.6. The maximum absolute atomic E-state index is 13.7. The van der Waals surface area contributed by atoms with Gasteiger partial charge in [-0.05, 0) is 48.9 Å². The molecule has 2 heterocycles. The second-order valence-corrected chi connectivity index (χ2v) is 8.88. The maximum atomic E-state index is 13.7. The average Bonchev–Trinajstić information content (AvgIpc) is 3.32. The lowest BCUT2D eigenvalue weighted by Gasteiger charge is -2.30. The predicted molar refractivity (Wildman–Crippen MR) is 144 cm³/mol. The Labute approximate surface area is 218 Å². The Morgan fingerprint density at radius 2 is 1.73 bits per heavy atom. The summed E-state index contributed by atoms with van der Waals surface area (Å²) in [4.78, 5) is 26.8. The number of rotatable bonds is 6. The highest BCUT2D eigenvalue weighted by Gasteiger charge is 2.35. The third-order valence-electron chi connectivity index (χ3n) is 6.06. The summed E-state index contributed by atoms with van der Waals surface area (Å²) >= 11 is 6.33. The van der Waals surface area contributed by atoms with Crippen LogP contribution >= 0.6 is 11.6 Å². The molecule has 9 heteroatoms. The number of fused-ring (bicyclic) bond motifs is 1. The monoisotopic (exact) mass is 513 g/mol. The summed E-state index contributed by atoms with van der Waals surface area (Å²) in [7, 11) is 1.55.